The highest BCUT2D eigenvalue weighted by Gasteiger charge is 2.35. The molecular formula is C18H34N2O2. The molecule has 128 valence electrons. The largest absolute Gasteiger partial charge is 0.393 e. The zero-order valence-electron chi connectivity index (χ0n) is 14.6. The predicted molar refractivity (Wildman–Crippen MR) is 89.7 cm³/mol. The van der Waals surface area contributed by atoms with Crippen molar-refractivity contribution in [1.82, 2.24) is 9.80 Å². The Hall–Kier alpha value is -0.610. The third kappa shape index (κ3) is 4.95. The maximum Gasteiger partial charge on any atom is 0.227 e. The van der Waals surface area contributed by atoms with Crippen molar-refractivity contribution in [1.29, 1.82) is 0 Å². The van der Waals surface area contributed by atoms with E-state index in [0.717, 1.165) is 51.9 Å². The Morgan fingerprint density at radius 3 is 2.59 bits per heavy atom. The Kier molecular flexibility index (Phi) is 6.69. The average molecular weight is 310 g/mol. The summed E-state index contributed by atoms with van der Waals surface area (Å²) in [5.41, 5.74) is 0. The lowest BCUT2D eigenvalue weighted by Gasteiger charge is -2.33. The van der Waals surface area contributed by atoms with Crippen LogP contribution in [0.15, 0.2) is 0 Å². The lowest BCUT2D eigenvalue weighted by atomic mass is 10.0. The number of rotatable bonds is 5. The van der Waals surface area contributed by atoms with Gasteiger partial charge in [0.05, 0.1) is 12.0 Å². The van der Waals surface area contributed by atoms with Crippen LogP contribution in [0, 0.1) is 11.8 Å². The van der Waals surface area contributed by atoms with Crippen LogP contribution in [0.4, 0.5) is 0 Å². The summed E-state index contributed by atoms with van der Waals surface area (Å²) in [6.07, 6.45) is 5.98. The molecule has 1 N–H and O–H groups in total. The van der Waals surface area contributed by atoms with Crippen molar-refractivity contribution in [3.63, 3.8) is 0 Å². The number of aliphatic hydroxyl groups is 1. The predicted octanol–water partition coefficient (Wildman–Crippen LogP) is 2.51. The SMILES string of the molecule is CC(C)CN1CCC(C(=O)N2CCCCCC2CC(C)O)C1. The van der Waals surface area contributed by atoms with E-state index >= 15 is 0 Å². The maximum atomic E-state index is 13.0. The summed E-state index contributed by atoms with van der Waals surface area (Å²) in [4.78, 5) is 17.5. The number of carbonyl (C=O) groups is 1. The average Bonchev–Trinajstić information content (AvgIpc) is 2.76. The minimum atomic E-state index is -0.320. The molecule has 0 bridgehead atoms. The number of hydrogen-bond donors (Lipinski definition) is 1. The summed E-state index contributed by atoms with van der Waals surface area (Å²) in [7, 11) is 0. The van der Waals surface area contributed by atoms with Crippen LogP contribution in [0.25, 0.3) is 0 Å². The van der Waals surface area contributed by atoms with Crippen molar-refractivity contribution < 1.29 is 9.90 Å². The van der Waals surface area contributed by atoms with Gasteiger partial charge in [-0.15, -0.1) is 0 Å². The van der Waals surface area contributed by atoms with E-state index < -0.39 is 0 Å². The molecule has 0 spiro atoms. The van der Waals surface area contributed by atoms with Gasteiger partial charge in [-0.25, -0.2) is 0 Å². The topological polar surface area (TPSA) is 43.8 Å². The number of nitrogens with zero attached hydrogens (tertiary/aromatic N) is 2. The maximum absolute atomic E-state index is 13.0. The van der Waals surface area contributed by atoms with E-state index in [-0.39, 0.29) is 18.1 Å². The molecule has 22 heavy (non-hydrogen) atoms. The van der Waals surface area contributed by atoms with Gasteiger partial charge in [0.15, 0.2) is 0 Å². The fraction of sp³-hybridized carbons (Fsp3) is 0.944. The molecule has 0 aromatic rings. The Balaban J connectivity index is 1.96. The fourth-order valence-electron chi connectivity index (χ4n) is 4.06. The number of carbonyl (C=O) groups excluding carboxylic acids is 1. The molecule has 2 rings (SSSR count). The fourth-order valence-corrected chi connectivity index (χ4v) is 4.06. The highest BCUT2D eigenvalue weighted by molar-refractivity contribution is 5.79. The van der Waals surface area contributed by atoms with E-state index in [9.17, 15) is 9.90 Å². The van der Waals surface area contributed by atoms with Gasteiger partial charge in [-0.3, -0.25) is 4.79 Å². The standard InChI is InChI=1S/C18H34N2O2/c1-14(2)12-19-10-8-16(13-19)18(22)20-9-6-4-5-7-17(20)11-15(3)21/h14-17,21H,4-13H2,1-3H3. The van der Waals surface area contributed by atoms with Gasteiger partial charge in [0.1, 0.15) is 0 Å². The van der Waals surface area contributed by atoms with Gasteiger partial charge in [-0.1, -0.05) is 26.7 Å². The summed E-state index contributed by atoms with van der Waals surface area (Å²) in [5.74, 6) is 1.18. The van der Waals surface area contributed by atoms with Gasteiger partial charge in [0, 0.05) is 25.7 Å². The van der Waals surface area contributed by atoms with Crippen molar-refractivity contribution in [2.24, 2.45) is 11.8 Å². The normalized spacial score (nSPS) is 28.9. The minimum Gasteiger partial charge on any atom is -0.393 e. The highest BCUT2D eigenvalue weighted by Crippen LogP contribution is 2.26. The molecule has 0 radical (unpaired) electrons. The van der Waals surface area contributed by atoms with Crippen LogP contribution in [-0.4, -0.2) is 59.1 Å². The summed E-state index contributed by atoms with van der Waals surface area (Å²) < 4.78 is 0. The second-order valence-corrected chi connectivity index (χ2v) is 7.76. The van der Waals surface area contributed by atoms with E-state index in [1.165, 1.54) is 12.8 Å². The van der Waals surface area contributed by atoms with E-state index in [2.05, 4.69) is 23.6 Å². The molecule has 1 amide bonds. The molecule has 3 atom stereocenters. The molecule has 2 aliphatic rings. The molecule has 0 saturated carbocycles. The van der Waals surface area contributed by atoms with Gasteiger partial charge >= 0.3 is 0 Å². The molecule has 4 nitrogen and oxygen atoms in total. The number of hydrogen-bond acceptors (Lipinski definition) is 3. The molecular weight excluding hydrogens is 276 g/mol. The lowest BCUT2D eigenvalue weighted by molar-refractivity contribution is -0.138. The lowest BCUT2D eigenvalue weighted by Crippen LogP contribution is -2.45. The van der Waals surface area contributed by atoms with Gasteiger partial charge in [-0.2, -0.15) is 0 Å². The van der Waals surface area contributed by atoms with Crippen molar-refractivity contribution in [3.05, 3.63) is 0 Å². The monoisotopic (exact) mass is 310 g/mol. The van der Waals surface area contributed by atoms with E-state index in [1.807, 2.05) is 6.92 Å². The number of aliphatic hydroxyl groups excluding tert-OH is 1. The van der Waals surface area contributed by atoms with Gasteiger partial charge in [0.25, 0.3) is 0 Å². The minimum absolute atomic E-state index is 0.174. The Bertz CT molecular complexity index is 357. The second-order valence-electron chi connectivity index (χ2n) is 7.76. The molecule has 2 saturated heterocycles. The quantitative estimate of drug-likeness (QED) is 0.848. The van der Waals surface area contributed by atoms with Crippen LogP contribution >= 0.6 is 0 Å². The zero-order valence-corrected chi connectivity index (χ0v) is 14.6. The highest BCUT2D eigenvalue weighted by atomic mass is 16.3. The Labute approximate surface area is 135 Å². The van der Waals surface area contributed by atoms with E-state index in [1.54, 1.807) is 0 Å². The molecule has 3 unspecified atom stereocenters. The van der Waals surface area contributed by atoms with Crippen LogP contribution in [-0.2, 0) is 4.79 Å². The summed E-state index contributed by atoms with van der Waals surface area (Å²) in [6.45, 7) is 10.3. The smallest absolute Gasteiger partial charge is 0.227 e. The van der Waals surface area contributed by atoms with E-state index in [0.29, 0.717) is 11.8 Å². The molecule has 0 aromatic carbocycles. The summed E-state index contributed by atoms with van der Waals surface area (Å²) in [5, 5.41) is 9.76. The second kappa shape index (κ2) is 8.30. The van der Waals surface area contributed by atoms with Crippen molar-refractivity contribution >= 4 is 5.91 Å². The van der Waals surface area contributed by atoms with Crippen LogP contribution < -0.4 is 0 Å². The van der Waals surface area contributed by atoms with Crippen molar-refractivity contribution in [2.45, 2.75) is 71.4 Å². The van der Waals surface area contributed by atoms with Gasteiger partial charge in [0.2, 0.25) is 5.91 Å². The van der Waals surface area contributed by atoms with Gasteiger partial charge < -0.3 is 14.9 Å². The van der Waals surface area contributed by atoms with Gasteiger partial charge in [-0.05, 0) is 45.1 Å². The number of likely N-dealkylation sites (tertiary alicyclic amines) is 2. The molecule has 0 aliphatic carbocycles. The van der Waals surface area contributed by atoms with Crippen LogP contribution in [0.3, 0.4) is 0 Å². The van der Waals surface area contributed by atoms with E-state index in [4.69, 9.17) is 0 Å². The first-order valence-electron chi connectivity index (χ1n) is 9.18. The summed E-state index contributed by atoms with van der Waals surface area (Å²) in [6, 6.07) is 0.245. The first-order valence-corrected chi connectivity index (χ1v) is 9.18. The van der Waals surface area contributed by atoms with Crippen LogP contribution in [0.5, 0.6) is 0 Å². The number of amides is 1. The first kappa shape index (κ1) is 17.7. The Morgan fingerprint density at radius 1 is 1.14 bits per heavy atom. The first-order chi connectivity index (χ1) is 10.5. The third-order valence-corrected chi connectivity index (χ3v) is 5.02. The van der Waals surface area contributed by atoms with Crippen molar-refractivity contribution in [3.8, 4) is 0 Å². The Morgan fingerprint density at radius 2 is 1.91 bits per heavy atom. The summed E-state index contributed by atoms with van der Waals surface area (Å²) >= 11 is 0. The molecule has 2 heterocycles. The molecule has 0 aromatic heterocycles. The van der Waals surface area contributed by atoms with Crippen molar-refractivity contribution in [2.75, 3.05) is 26.2 Å². The molecule has 4 heteroatoms. The van der Waals surface area contributed by atoms with Crippen LogP contribution in [0.2, 0.25) is 0 Å². The van der Waals surface area contributed by atoms with Crippen LogP contribution in [0.1, 0.15) is 59.3 Å². The molecule has 2 fully saturated rings. The zero-order chi connectivity index (χ0) is 16.1. The molecule has 2 aliphatic heterocycles. The third-order valence-electron chi connectivity index (χ3n) is 5.02.